The van der Waals surface area contributed by atoms with Gasteiger partial charge in [-0.2, -0.15) is 0 Å². The first-order valence-electron chi connectivity index (χ1n) is 9.61. The van der Waals surface area contributed by atoms with Crippen molar-refractivity contribution < 1.29 is 14.0 Å². The minimum atomic E-state index is -0.291. The molecule has 2 aromatic carbocycles. The molecule has 2 aromatic rings. The summed E-state index contributed by atoms with van der Waals surface area (Å²) in [5.41, 5.74) is 1.85. The molecular weight excluding hydrogens is 355 g/mol. The average molecular weight is 380 g/mol. The van der Waals surface area contributed by atoms with Crippen LogP contribution in [0.4, 0.5) is 4.39 Å². The Kier molecular flexibility index (Phi) is 6.58. The number of amides is 2. The van der Waals surface area contributed by atoms with Gasteiger partial charge in [0.2, 0.25) is 11.8 Å². The van der Waals surface area contributed by atoms with Crippen LogP contribution in [-0.2, 0) is 9.59 Å². The fourth-order valence-electron chi connectivity index (χ4n) is 3.37. The Balaban J connectivity index is 1.47. The number of benzene rings is 2. The third-order valence-electron chi connectivity index (χ3n) is 5.12. The number of carbonyl (C=O) groups is 2. The van der Waals surface area contributed by atoms with Crippen LogP contribution in [0, 0.1) is 11.7 Å². The first kappa shape index (κ1) is 19.8. The molecule has 1 aliphatic rings. The number of rotatable bonds is 5. The van der Waals surface area contributed by atoms with Crippen LogP contribution in [0.25, 0.3) is 6.08 Å². The zero-order valence-corrected chi connectivity index (χ0v) is 16.0. The Morgan fingerprint density at radius 1 is 1.07 bits per heavy atom. The molecule has 2 amide bonds. The summed E-state index contributed by atoms with van der Waals surface area (Å²) < 4.78 is 13.0. The van der Waals surface area contributed by atoms with Gasteiger partial charge in [0.25, 0.3) is 0 Å². The number of hydrogen-bond acceptors (Lipinski definition) is 2. The second kappa shape index (κ2) is 9.31. The molecule has 28 heavy (non-hydrogen) atoms. The minimum Gasteiger partial charge on any atom is -0.349 e. The fraction of sp³-hybridized carbons (Fsp3) is 0.304. The molecule has 1 N–H and O–H groups in total. The lowest BCUT2D eigenvalue weighted by molar-refractivity contribution is -0.132. The van der Waals surface area contributed by atoms with Gasteiger partial charge in [0.05, 0.1) is 6.04 Å². The maximum Gasteiger partial charge on any atom is 0.246 e. The summed E-state index contributed by atoms with van der Waals surface area (Å²) >= 11 is 0. The van der Waals surface area contributed by atoms with Crippen LogP contribution in [-0.4, -0.2) is 29.8 Å². The zero-order chi connectivity index (χ0) is 19.9. The third-order valence-corrected chi connectivity index (χ3v) is 5.12. The van der Waals surface area contributed by atoms with Crippen molar-refractivity contribution in [1.82, 2.24) is 10.2 Å². The van der Waals surface area contributed by atoms with E-state index in [0.29, 0.717) is 25.9 Å². The van der Waals surface area contributed by atoms with E-state index in [1.165, 1.54) is 12.1 Å². The summed E-state index contributed by atoms with van der Waals surface area (Å²) in [5.74, 6) is -0.433. The number of hydrogen-bond donors (Lipinski definition) is 1. The smallest absolute Gasteiger partial charge is 0.246 e. The van der Waals surface area contributed by atoms with Gasteiger partial charge >= 0.3 is 0 Å². The van der Waals surface area contributed by atoms with E-state index in [1.807, 2.05) is 43.3 Å². The Morgan fingerprint density at radius 2 is 1.71 bits per heavy atom. The normalized spacial score (nSPS) is 16.1. The predicted octanol–water partition coefficient (Wildman–Crippen LogP) is 3.95. The van der Waals surface area contributed by atoms with E-state index in [1.54, 1.807) is 23.1 Å². The predicted molar refractivity (Wildman–Crippen MR) is 108 cm³/mol. The van der Waals surface area contributed by atoms with E-state index in [9.17, 15) is 14.0 Å². The highest BCUT2D eigenvalue weighted by atomic mass is 19.1. The van der Waals surface area contributed by atoms with E-state index in [0.717, 1.165) is 11.1 Å². The Bertz CT molecular complexity index is 825. The van der Waals surface area contributed by atoms with Crippen molar-refractivity contribution in [3.05, 3.63) is 77.6 Å². The SMILES string of the molecule is CC(NC(=O)C1CCN(C(=O)C=Cc2ccccc2)CC1)c1ccc(F)cc1. The molecule has 1 atom stereocenters. The minimum absolute atomic E-state index is 0.0104. The average Bonchev–Trinajstić information content (AvgIpc) is 2.73. The lowest BCUT2D eigenvalue weighted by Crippen LogP contribution is -2.43. The number of carbonyl (C=O) groups excluding carboxylic acids is 2. The summed E-state index contributed by atoms with van der Waals surface area (Å²) in [6.07, 6.45) is 4.69. The number of piperidine rings is 1. The van der Waals surface area contributed by atoms with Crippen molar-refractivity contribution in [2.45, 2.75) is 25.8 Å². The van der Waals surface area contributed by atoms with Crippen LogP contribution in [0.15, 0.2) is 60.7 Å². The summed E-state index contributed by atoms with van der Waals surface area (Å²) in [4.78, 5) is 26.7. The van der Waals surface area contributed by atoms with Crippen LogP contribution in [0.5, 0.6) is 0 Å². The second-order valence-corrected chi connectivity index (χ2v) is 7.13. The molecule has 0 saturated carbocycles. The van der Waals surface area contributed by atoms with E-state index >= 15 is 0 Å². The van der Waals surface area contributed by atoms with Crippen LogP contribution in [0.3, 0.4) is 0 Å². The van der Waals surface area contributed by atoms with E-state index in [4.69, 9.17) is 0 Å². The van der Waals surface area contributed by atoms with Crippen LogP contribution in [0.1, 0.15) is 36.9 Å². The van der Waals surface area contributed by atoms with E-state index in [-0.39, 0.29) is 29.6 Å². The highest BCUT2D eigenvalue weighted by Crippen LogP contribution is 2.20. The van der Waals surface area contributed by atoms with Crippen molar-refractivity contribution in [3.8, 4) is 0 Å². The highest BCUT2D eigenvalue weighted by Gasteiger charge is 2.27. The van der Waals surface area contributed by atoms with Gasteiger partial charge in [-0.1, -0.05) is 42.5 Å². The third kappa shape index (κ3) is 5.28. The molecule has 0 spiro atoms. The van der Waals surface area contributed by atoms with Crippen molar-refractivity contribution in [1.29, 1.82) is 0 Å². The maximum absolute atomic E-state index is 13.0. The maximum atomic E-state index is 13.0. The van der Waals surface area contributed by atoms with Gasteiger partial charge in [-0.05, 0) is 49.1 Å². The van der Waals surface area contributed by atoms with E-state index in [2.05, 4.69) is 5.32 Å². The molecule has 1 fully saturated rings. The van der Waals surface area contributed by atoms with E-state index < -0.39 is 0 Å². The molecule has 0 aromatic heterocycles. The standard InChI is InChI=1S/C23H25FN2O2/c1-17(19-8-10-21(24)11-9-19)25-23(28)20-13-15-26(16-14-20)22(27)12-7-18-5-3-2-4-6-18/h2-12,17,20H,13-16H2,1H3,(H,25,28). The first-order valence-corrected chi connectivity index (χ1v) is 9.61. The molecule has 0 bridgehead atoms. The van der Waals surface area contributed by atoms with Gasteiger partial charge in [-0.25, -0.2) is 4.39 Å². The van der Waals surface area contributed by atoms with Gasteiger partial charge in [0.15, 0.2) is 0 Å². The van der Waals surface area contributed by atoms with Crippen molar-refractivity contribution in [2.75, 3.05) is 13.1 Å². The number of nitrogens with one attached hydrogen (secondary N) is 1. The van der Waals surface area contributed by atoms with Gasteiger partial charge < -0.3 is 10.2 Å². The molecular formula is C23H25FN2O2. The molecule has 0 aliphatic carbocycles. The second-order valence-electron chi connectivity index (χ2n) is 7.13. The Labute approximate surface area is 165 Å². The van der Waals surface area contributed by atoms with Gasteiger partial charge in [-0.15, -0.1) is 0 Å². The number of likely N-dealkylation sites (tertiary alicyclic amines) is 1. The molecule has 3 rings (SSSR count). The Hall–Kier alpha value is -2.95. The summed E-state index contributed by atoms with van der Waals surface area (Å²) in [6, 6.07) is 15.7. The molecule has 146 valence electrons. The Morgan fingerprint density at radius 3 is 2.36 bits per heavy atom. The number of nitrogens with zero attached hydrogens (tertiary/aromatic N) is 1. The quantitative estimate of drug-likeness (QED) is 0.799. The van der Waals surface area contributed by atoms with Crippen molar-refractivity contribution in [2.24, 2.45) is 5.92 Å². The van der Waals surface area contributed by atoms with Crippen molar-refractivity contribution >= 4 is 17.9 Å². The van der Waals surface area contributed by atoms with Gasteiger partial charge in [-0.3, -0.25) is 9.59 Å². The molecule has 1 unspecified atom stereocenters. The lowest BCUT2D eigenvalue weighted by Gasteiger charge is -2.31. The molecule has 1 saturated heterocycles. The monoisotopic (exact) mass is 380 g/mol. The molecule has 1 aliphatic heterocycles. The summed E-state index contributed by atoms with van der Waals surface area (Å²) in [6.45, 7) is 3.03. The number of halogens is 1. The van der Waals surface area contributed by atoms with Crippen LogP contribution < -0.4 is 5.32 Å². The summed E-state index contributed by atoms with van der Waals surface area (Å²) in [7, 11) is 0. The lowest BCUT2D eigenvalue weighted by atomic mass is 9.95. The van der Waals surface area contributed by atoms with Gasteiger partial charge in [0, 0.05) is 25.1 Å². The molecule has 1 heterocycles. The highest BCUT2D eigenvalue weighted by molar-refractivity contribution is 5.92. The molecule has 5 heteroatoms. The first-order chi connectivity index (χ1) is 13.5. The van der Waals surface area contributed by atoms with Crippen LogP contribution in [0.2, 0.25) is 0 Å². The largest absolute Gasteiger partial charge is 0.349 e. The molecule has 0 radical (unpaired) electrons. The summed E-state index contributed by atoms with van der Waals surface area (Å²) in [5, 5.41) is 3.00. The fourth-order valence-corrected chi connectivity index (χ4v) is 3.37. The van der Waals surface area contributed by atoms with Gasteiger partial charge in [0.1, 0.15) is 5.82 Å². The topological polar surface area (TPSA) is 49.4 Å². The zero-order valence-electron chi connectivity index (χ0n) is 16.0. The van der Waals surface area contributed by atoms with Crippen LogP contribution >= 0.6 is 0 Å². The van der Waals surface area contributed by atoms with Crippen molar-refractivity contribution in [3.63, 3.8) is 0 Å². The molecule has 4 nitrogen and oxygen atoms in total.